The molecular formula is C16H21N3O3. The Morgan fingerprint density at radius 2 is 2.27 bits per heavy atom. The zero-order valence-electron chi connectivity index (χ0n) is 12.7. The molecule has 1 amide bonds. The van der Waals surface area contributed by atoms with E-state index in [0.29, 0.717) is 42.3 Å². The Hall–Kier alpha value is -2.11. The van der Waals surface area contributed by atoms with E-state index in [2.05, 4.69) is 22.4 Å². The van der Waals surface area contributed by atoms with Crippen molar-refractivity contribution in [1.82, 2.24) is 15.5 Å². The predicted molar refractivity (Wildman–Crippen MR) is 79.9 cm³/mol. The van der Waals surface area contributed by atoms with E-state index in [9.17, 15) is 4.79 Å². The van der Waals surface area contributed by atoms with Gasteiger partial charge >= 0.3 is 0 Å². The molecule has 118 valence electrons. The van der Waals surface area contributed by atoms with E-state index < -0.39 is 0 Å². The number of nitrogens with zero attached hydrogens (tertiary/aromatic N) is 2. The van der Waals surface area contributed by atoms with Gasteiger partial charge in [0, 0.05) is 18.9 Å². The summed E-state index contributed by atoms with van der Waals surface area (Å²) < 4.78 is 10.4. The average Bonchev–Trinajstić information content (AvgIpc) is 3.18. The molecule has 1 fully saturated rings. The Balaban J connectivity index is 1.49. The topological polar surface area (TPSA) is 81.2 Å². The van der Waals surface area contributed by atoms with Crippen molar-refractivity contribution >= 4 is 5.91 Å². The van der Waals surface area contributed by atoms with Gasteiger partial charge in [-0.2, -0.15) is 4.98 Å². The average molecular weight is 303 g/mol. The van der Waals surface area contributed by atoms with Crippen LogP contribution in [0.3, 0.4) is 0 Å². The summed E-state index contributed by atoms with van der Waals surface area (Å²) in [4.78, 5) is 16.3. The summed E-state index contributed by atoms with van der Waals surface area (Å²) in [7, 11) is 0. The minimum Gasteiger partial charge on any atom is -0.461 e. The zero-order chi connectivity index (χ0) is 15.4. The van der Waals surface area contributed by atoms with Crippen LogP contribution in [0.15, 0.2) is 27.3 Å². The van der Waals surface area contributed by atoms with Crippen LogP contribution in [0.1, 0.15) is 44.9 Å². The number of furan rings is 1. The molecule has 2 atom stereocenters. The quantitative estimate of drug-likeness (QED) is 0.918. The number of carbonyl (C=O) groups is 1. The Labute approximate surface area is 129 Å². The number of carbonyl (C=O) groups excluding carboxylic acids is 1. The van der Waals surface area contributed by atoms with Crippen molar-refractivity contribution in [3.8, 4) is 11.6 Å². The molecule has 0 saturated heterocycles. The van der Waals surface area contributed by atoms with Gasteiger partial charge in [0.15, 0.2) is 5.76 Å². The van der Waals surface area contributed by atoms with Crippen LogP contribution >= 0.6 is 0 Å². The van der Waals surface area contributed by atoms with Crippen LogP contribution in [0, 0.1) is 5.92 Å². The Kier molecular flexibility index (Phi) is 4.56. The lowest BCUT2D eigenvalue weighted by Crippen LogP contribution is -2.41. The van der Waals surface area contributed by atoms with Crippen molar-refractivity contribution in [3.63, 3.8) is 0 Å². The molecule has 1 aliphatic rings. The highest BCUT2D eigenvalue weighted by Gasteiger charge is 2.22. The fourth-order valence-electron chi connectivity index (χ4n) is 2.89. The van der Waals surface area contributed by atoms with E-state index in [1.165, 1.54) is 19.3 Å². The molecule has 0 aromatic carbocycles. The maximum atomic E-state index is 12.0. The summed E-state index contributed by atoms with van der Waals surface area (Å²) in [6, 6.07) is 3.85. The van der Waals surface area contributed by atoms with Gasteiger partial charge in [-0.05, 0) is 30.9 Å². The second-order valence-electron chi connectivity index (χ2n) is 5.92. The zero-order valence-corrected chi connectivity index (χ0v) is 12.7. The van der Waals surface area contributed by atoms with Crippen molar-refractivity contribution in [1.29, 1.82) is 0 Å². The SMILES string of the molecule is CC1CCCCC1NC(=O)CCc1nc(-c2ccco2)no1. The lowest BCUT2D eigenvalue weighted by Gasteiger charge is -2.29. The van der Waals surface area contributed by atoms with Crippen LogP contribution in [-0.2, 0) is 11.2 Å². The number of aryl methyl sites for hydroxylation is 1. The molecular weight excluding hydrogens is 282 g/mol. The standard InChI is InChI=1S/C16H21N3O3/c1-11-5-2-3-6-12(11)17-14(20)8-9-15-18-16(19-22-15)13-7-4-10-21-13/h4,7,10-12H,2-3,5-6,8-9H2,1H3,(H,17,20). The molecule has 6 nitrogen and oxygen atoms in total. The molecule has 2 unspecified atom stereocenters. The molecule has 1 aliphatic carbocycles. The van der Waals surface area contributed by atoms with Gasteiger partial charge in [-0.25, -0.2) is 0 Å². The van der Waals surface area contributed by atoms with Crippen LogP contribution < -0.4 is 5.32 Å². The minimum atomic E-state index is 0.0523. The fourth-order valence-corrected chi connectivity index (χ4v) is 2.89. The summed E-state index contributed by atoms with van der Waals surface area (Å²) in [5.74, 6) is 2.05. The smallest absolute Gasteiger partial charge is 0.238 e. The number of rotatable bonds is 5. The van der Waals surface area contributed by atoms with Crippen molar-refractivity contribution in [2.75, 3.05) is 0 Å². The lowest BCUT2D eigenvalue weighted by atomic mass is 9.86. The molecule has 0 spiro atoms. The number of hydrogen-bond donors (Lipinski definition) is 1. The number of hydrogen-bond acceptors (Lipinski definition) is 5. The number of nitrogens with one attached hydrogen (secondary N) is 1. The maximum absolute atomic E-state index is 12.0. The highest BCUT2D eigenvalue weighted by Crippen LogP contribution is 2.23. The van der Waals surface area contributed by atoms with E-state index >= 15 is 0 Å². The summed E-state index contributed by atoms with van der Waals surface area (Å²) in [6.07, 6.45) is 7.11. The number of amides is 1. The van der Waals surface area contributed by atoms with Gasteiger partial charge in [-0.1, -0.05) is 24.9 Å². The molecule has 2 heterocycles. The first-order valence-electron chi connectivity index (χ1n) is 7.88. The minimum absolute atomic E-state index is 0.0523. The fraction of sp³-hybridized carbons (Fsp3) is 0.562. The van der Waals surface area contributed by atoms with Gasteiger partial charge in [0.25, 0.3) is 0 Å². The summed E-state index contributed by atoms with van der Waals surface area (Å²) >= 11 is 0. The van der Waals surface area contributed by atoms with Crippen molar-refractivity contribution in [2.45, 2.75) is 51.5 Å². The second-order valence-corrected chi connectivity index (χ2v) is 5.92. The van der Waals surface area contributed by atoms with E-state index in [4.69, 9.17) is 8.94 Å². The van der Waals surface area contributed by atoms with Crippen LogP contribution in [-0.4, -0.2) is 22.1 Å². The van der Waals surface area contributed by atoms with Crippen LogP contribution in [0.25, 0.3) is 11.6 Å². The molecule has 1 N–H and O–H groups in total. The molecule has 2 aromatic rings. The van der Waals surface area contributed by atoms with Crippen molar-refractivity contribution in [3.05, 3.63) is 24.3 Å². The Morgan fingerprint density at radius 3 is 3.05 bits per heavy atom. The van der Waals surface area contributed by atoms with Crippen LogP contribution in [0.5, 0.6) is 0 Å². The third kappa shape index (κ3) is 3.55. The van der Waals surface area contributed by atoms with E-state index in [-0.39, 0.29) is 5.91 Å². The van der Waals surface area contributed by atoms with Gasteiger partial charge in [-0.15, -0.1) is 0 Å². The van der Waals surface area contributed by atoms with Crippen LogP contribution in [0.4, 0.5) is 0 Å². The van der Waals surface area contributed by atoms with Crippen LogP contribution in [0.2, 0.25) is 0 Å². The first-order chi connectivity index (χ1) is 10.7. The number of aromatic nitrogens is 2. The third-order valence-electron chi connectivity index (χ3n) is 4.23. The molecule has 22 heavy (non-hydrogen) atoms. The summed E-state index contributed by atoms with van der Waals surface area (Å²) in [5, 5.41) is 6.98. The van der Waals surface area contributed by atoms with E-state index in [1.54, 1.807) is 18.4 Å². The Bertz CT molecular complexity index is 606. The summed E-state index contributed by atoms with van der Waals surface area (Å²) in [5.41, 5.74) is 0. The molecule has 0 bridgehead atoms. The van der Waals surface area contributed by atoms with Gasteiger partial charge in [0.2, 0.25) is 17.6 Å². The molecule has 0 radical (unpaired) electrons. The monoisotopic (exact) mass is 303 g/mol. The Morgan fingerprint density at radius 1 is 1.41 bits per heavy atom. The largest absolute Gasteiger partial charge is 0.461 e. The first kappa shape index (κ1) is 14.8. The van der Waals surface area contributed by atoms with Crippen molar-refractivity contribution < 1.29 is 13.7 Å². The molecule has 6 heteroatoms. The highest BCUT2D eigenvalue weighted by atomic mass is 16.5. The summed E-state index contributed by atoms with van der Waals surface area (Å²) in [6.45, 7) is 2.21. The first-order valence-corrected chi connectivity index (χ1v) is 7.88. The maximum Gasteiger partial charge on any atom is 0.238 e. The van der Waals surface area contributed by atoms with Crippen molar-refractivity contribution in [2.24, 2.45) is 5.92 Å². The van der Waals surface area contributed by atoms with E-state index in [1.807, 2.05) is 0 Å². The molecule has 1 saturated carbocycles. The van der Waals surface area contributed by atoms with Gasteiger partial charge in [0.1, 0.15) is 0 Å². The predicted octanol–water partition coefficient (Wildman–Crippen LogP) is 2.96. The van der Waals surface area contributed by atoms with Gasteiger partial charge in [0.05, 0.1) is 6.26 Å². The third-order valence-corrected chi connectivity index (χ3v) is 4.23. The van der Waals surface area contributed by atoms with Gasteiger partial charge < -0.3 is 14.3 Å². The lowest BCUT2D eigenvalue weighted by molar-refractivity contribution is -0.122. The van der Waals surface area contributed by atoms with E-state index in [0.717, 1.165) is 6.42 Å². The molecule has 0 aliphatic heterocycles. The normalized spacial score (nSPS) is 21.7. The highest BCUT2D eigenvalue weighted by molar-refractivity contribution is 5.76. The second kappa shape index (κ2) is 6.77. The molecule has 3 rings (SSSR count). The molecule has 2 aromatic heterocycles. The van der Waals surface area contributed by atoms with Gasteiger partial charge in [-0.3, -0.25) is 4.79 Å².